The molecule has 0 radical (unpaired) electrons. The summed E-state index contributed by atoms with van der Waals surface area (Å²) in [5.74, 6) is 2.72. The van der Waals surface area contributed by atoms with E-state index in [9.17, 15) is 24.3 Å². The molecule has 0 unspecified atom stereocenters. The summed E-state index contributed by atoms with van der Waals surface area (Å²) >= 11 is 0. The number of hydrogen-bond acceptors (Lipinski definition) is 6. The zero-order valence-corrected chi connectivity index (χ0v) is 15.6. The molecule has 1 aromatic carbocycles. The first kappa shape index (κ1) is 22.0. The van der Waals surface area contributed by atoms with Crippen molar-refractivity contribution in [2.75, 3.05) is 13.2 Å². The van der Waals surface area contributed by atoms with Crippen molar-refractivity contribution in [3.63, 3.8) is 0 Å². The number of esters is 1. The number of carboxylic acids is 1. The molecule has 0 saturated heterocycles. The lowest BCUT2D eigenvalue weighted by Gasteiger charge is -2.15. The molecule has 0 saturated carbocycles. The molecule has 1 amide bonds. The number of nitrogens with zero attached hydrogens (tertiary/aromatic N) is 1. The molecule has 0 atom stereocenters. The van der Waals surface area contributed by atoms with E-state index in [1.807, 2.05) is 0 Å². The lowest BCUT2D eigenvalue weighted by Crippen LogP contribution is -2.38. The number of carboxylic acid groups (broad SMARTS) is 1. The Morgan fingerprint density at radius 3 is 2.26 bits per heavy atom. The van der Waals surface area contributed by atoms with Crippen LogP contribution in [0.25, 0.3) is 0 Å². The number of rotatable bonds is 9. The number of hydrogen-bond donors (Lipinski definition) is 2. The van der Waals surface area contributed by atoms with Gasteiger partial charge in [0, 0.05) is 12.0 Å². The highest BCUT2D eigenvalue weighted by Crippen LogP contribution is 2.21. The Hall–Kier alpha value is -3.00. The van der Waals surface area contributed by atoms with Crippen molar-refractivity contribution >= 4 is 24.1 Å². The summed E-state index contributed by atoms with van der Waals surface area (Å²) in [5, 5.41) is 10.3. The third-order valence-corrected chi connectivity index (χ3v) is 3.77. The van der Waals surface area contributed by atoms with E-state index in [4.69, 9.17) is 10.6 Å². The highest BCUT2D eigenvalue weighted by Gasteiger charge is 2.24. The summed E-state index contributed by atoms with van der Waals surface area (Å²) in [6.45, 7) is 4.92. The average molecular weight is 376 g/mol. The van der Waals surface area contributed by atoms with Crippen molar-refractivity contribution in [2.45, 2.75) is 27.2 Å². The van der Waals surface area contributed by atoms with Gasteiger partial charge in [-0.3, -0.25) is 9.80 Å². The fourth-order valence-electron chi connectivity index (χ4n) is 2.52. The second-order valence-corrected chi connectivity index (χ2v) is 6.07. The third-order valence-electron chi connectivity index (χ3n) is 3.77. The van der Waals surface area contributed by atoms with E-state index < -0.39 is 17.8 Å². The molecule has 0 spiro atoms. The van der Waals surface area contributed by atoms with E-state index in [0.29, 0.717) is 11.8 Å². The molecule has 146 valence electrons. The van der Waals surface area contributed by atoms with Gasteiger partial charge in [-0.05, 0) is 30.5 Å². The van der Waals surface area contributed by atoms with Crippen molar-refractivity contribution in [2.24, 2.45) is 11.8 Å². The smallest absolute Gasteiger partial charge is 0.334 e. The summed E-state index contributed by atoms with van der Waals surface area (Å²) in [5.41, 5.74) is 0.965. The summed E-state index contributed by atoms with van der Waals surface area (Å²) in [6.07, 6.45) is 0.565. The Morgan fingerprint density at radius 2 is 1.81 bits per heavy atom. The molecule has 8 nitrogen and oxygen atoms in total. The number of carbonyl (C=O) groups is 4. The third kappa shape index (κ3) is 6.03. The fourth-order valence-corrected chi connectivity index (χ4v) is 2.52. The minimum Gasteiger partial charge on any atom is -0.478 e. The summed E-state index contributed by atoms with van der Waals surface area (Å²) in [6, 6.07) is 6.20. The van der Waals surface area contributed by atoms with Gasteiger partial charge in [-0.15, -0.1) is 0 Å². The predicted octanol–water partition coefficient (Wildman–Crippen LogP) is 1.34. The van der Waals surface area contributed by atoms with Gasteiger partial charge in [0.05, 0.1) is 24.3 Å². The van der Waals surface area contributed by atoms with Gasteiger partial charge in [0.25, 0.3) is 5.91 Å². The summed E-state index contributed by atoms with van der Waals surface area (Å²) in [7, 11) is 0. The number of carbonyl (C=O) groups excluding carboxylic acids is 3. The van der Waals surface area contributed by atoms with E-state index in [2.05, 4.69) is 0 Å². The first-order valence-corrected chi connectivity index (χ1v) is 8.45. The maximum absolute atomic E-state index is 12.3. The van der Waals surface area contributed by atoms with Crippen LogP contribution in [0.1, 0.15) is 36.7 Å². The maximum atomic E-state index is 12.3. The van der Waals surface area contributed by atoms with Crippen LogP contribution in [0.15, 0.2) is 35.4 Å². The van der Waals surface area contributed by atoms with Crippen LogP contribution in [0.4, 0.5) is 0 Å². The van der Waals surface area contributed by atoms with E-state index in [-0.39, 0.29) is 42.2 Å². The first-order valence-electron chi connectivity index (χ1n) is 8.45. The molecular weight excluding hydrogens is 352 g/mol. The average Bonchev–Trinajstić information content (AvgIpc) is 2.61. The lowest BCUT2D eigenvalue weighted by atomic mass is 9.92. The zero-order chi connectivity index (χ0) is 20.6. The van der Waals surface area contributed by atoms with Crippen LogP contribution in [0, 0.1) is 5.92 Å². The Kier molecular flexibility index (Phi) is 8.34. The molecule has 1 rings (SSSR count). The van der Waals surface area contributed by atoms with Crippen molar-refractivity contribution < 1.29 is 29.0 Å². The lowest BCUT2D eigenvalue weighted by molar-refractivity contribution is -0.140. The number of aldehydes is 1. The molecule has 1 aromatic rings. The van der Waals surface area contributed by atoms with E-state index in [0.717, 1.165) is 5.01 Å². The molecular formula is C19H24N2O6. The Morgan fingerprint density at radius 1 is 1.22 bits per heavy atom. The van der Waals surface area contributed by atoms with Crippen molar-refractivity contribution in [1.82, 2.24) is 5.01 Å². The molecule has 3 N–H and O–H groups in total. The predicted molar refractivity (Wildman–Crippen MR) is 97.6 cm³/mol. The number of aliphatic carboxylic acids is 1. The van der Waals surface area contributed by atoms with Crippen LogP contribution in [-0.2, 0) is 25.5 Å². The molecule has 0 aromatic heterocycles. The molecule has 27 heavy (non-hydrogen) atoms. The number of amides is 1. The van der Waals surface area contributed by atoms with Gasteiger partial charge in [-0.1, -0.05) is 26.0 Å². The Balaban J connectivity index is 3.18. The fraction of sp³-hybridized carbons (Fsp3) is 0.368. The quantitative estimate of drug-likeness (QED) is 0.166. The van der Waals surface area contributed by atoms with Crippen molar-refractivity contribution in [3.05, 3.63) is 46.5 Å². The number of ether oxygens (including phenoxy) is 1. The van der Waals surface area contributed by atoms with E-state index >= 15 is 0 Å². The van der Waals surface area contributed by atoms with Gasteiger partial charge in [-0.25, -0.2) is 15.4 Å². The van der Waals surface area contributed by atoms with Crippen LogP contribution in [0.5, 0.6) is 0 Å². The second kappa shape index (κ2) is 10.2. The second-order valence-electron chi connectivity index (χ2n) is 6.07. The van der Waals surface area contributed by atoms with E-state index in [1.54, 1.807) is 32.9 Å². The van der Waals surface area contributed by atoms with Gasteiger partial charge in [0.1, 0.15) is 6.29 Å². The maximum Gasteiger partial charge on any atom is 0.334 e. The highest BCUT2D eigenvalue weighted by molar-refractivity contribution is 6.00. The number of hydrazine groups is 1. The van der Waals surface area contributed by atoms with Gasteiger partial charge in [0.15, 0.2) is 0 Å². The monoisotopic (exact) mass is 376 g/mol. The molecule has 0 fully saturated rings. The molecule has 0 aliphatic heterocycles. The normalized spacial score (nSPS) is 11.6. The molecule has 0 bridgehead atoms. The Bertz CT molecular complexity index is 737. The Labute approximate surface area is 157 Å². The minimum atomic E-state index is -1.17. The van der Waals surface area contributed by atoms with Gasteiger partial charge < -0.3 is 14.6 Å². The number of nitrogens with two attached hydrogens (primary N) is 1. The summed E-state index contributed by atoms with van der Waals surface area (Å²) < 4.78 is 5.01. The van der Waals surface area contributed by atoms with Crippen LogP contribution >= 0.6 is 0 Å². The standard InChI is InChI=1S/C19H24N2O6/c1-4-27-19(26)15(16(12(2)3)18(24)25)11-13-5-7-14(8-6-13)17(23)21(20)9-10-22/h5-8,10,12H,4,9,11,20H2,1-3H3,(H,24,25). The van der Waals surface area contributed by atoms with Gasteiger partial charge in [0.2, 0.25) is 0 Å². The molecule has 8 heteroatoms. The summed E-state index contributed by atoms with van der Waals surface area (Å²) in [4.78, 5) is 46.4. The minimum absolute atomic E-state index is 0.00674. The zero-order valence-electron chi connectivity index (χ0n) is 15.6. The highest BCUT2D eigenvalue weighted by atomic mass is 16.5. The number of benzene rings is 1. The topological polar surface area (TPSA) is 127 Å². The largest absolute Gasteiger partial charge is 0.478 e. The van der Waals surface area contributed by atoms with Crippen LogP contribution in [0.2, 0.25) is 0 Å². The van der Waals surface area contributed by atoms with Crippen molar-refractivity contribution in [3.8, 4) is 0 Å². The van der Waals surface area contributed by atoms with Gasteiger partial charge >= 0.3 is 11.9 Å². The van der Waals surface area contributed by atoms with Crippen LogP contribution in [0.3, 0.4) is 0 Å². The van der Waals surface area contributed by atoms with Crippen LogP contribution in [-0.4, -0.2) is 47.4 Å². The van der Waals surface area contributed by atoms with E-state index in [1.165, 1.54) is 12.1 Å². The molecule has 0 aliphatic rings. The molecule has 0 aliphatic carbocycles. The SMILES string of the molecule is CCOC(=O)C(Cc1ccc(C(=O)N(N)CC=O)cc1)=C(C(=O)O)C(C)C. The first-order chi connectivity index (χ1) is 12.7. The van der Waals surface area contributed by atoms with Crippen LogP contribution < -0.4 is 5.84 Å². The van der Waals surface area contributed by atoms with Crippen molar-refractivity contribution in [1.29, 1.82) is 0 Å². The molecule has 0 heterocycles. The van der Waals surface area contributed by atoms with Gasteiger partial charge in [-0.2, -0.15) is 0 Å².